The lowest BCUT2D eigenvalue weighted by Crippen LogP contribution is -2.14. The Morgan fingerprint density at radius 3 is 2.29 bits per heavy atom. The largest absolute Gasteiger partial charge is 0.298 e. The zero-order valence-electron chi connectivity index (χ0n) is 17.8. The van der Waals surface area contributed by atoms with E-state index in [4.69, 9.17) is 0 Å². The predicted octanol–water partition coefficient (Wildman–Crippen LogP) is 6.02. The highest BCUT2D eigenvalue weighted by Gasteiger charge is 2.15. The molecule has 8 heteroatoms. The van der Waals surface area contributed by atoms with Gasteiger partial charge in [-0.3, -0.25) is 14.8 Å². The standard InChI is InChI=1S/C26H19N3O3S2/c30-25(19-13-15-20(16-14-19)29-34(31,32)21-9-2-1-3-10-21)28-26-27-24(17-33-26)23-12-6-8-18-7-4-5-11-22(18)23/h1-17,29H,(H,27,28,30). The van der Waals surface area contributed by atoms with Crippen LogP contribution in [-0.2, 0) is 10.0 Å². The zero-order chi connectivity index (χ0) is 23.5. The molecule has 0 atom stereocenters. The Hall–Kier alpha value is -4.01. The van der Waals surface area contributed by atoms with Crippen molar-refractivity contribution in [1.82, 2.24) is 4.98 Å². The van der Waals surface area contributed by atoms with E-state index in [2.05, 4.69) is 33.2 Å². The first kappa shape index (κ1) is 21.8. The number of anilines is 2. The smallest absolute Gasteiger partial charge is 0.261 e. The number of carbonyl (C=O) groups is 1. The van der Waals surface area contributed by atoms with Crippen LogP contribution in [0.25, 0.3) is 22.0 Å². The van der Waals surface area contributed by atoms with Gasteiger partial charge >= 0.3 is 0 Å². The van der Waals surface area contributed by atoms with Gasteiger partial charge in [0.25, 0.3) is 15.9 Å². The fourth-order valence-electron chi connectivity index (χ4n) is 3.58. The molecule has 0 aliphatic heterocycles. The number of carbonyl (C=O) groups excluding carboxylic acids is 1. The van der Waals surface area contributed by atoms with Gasteiger partial charge in [0.15, 0.2) is 5.13 Å². The summed E-state index contributed by atoms with van der Waals surface area (Å²) in [6, 6.07) is 28.5. The summed E-state index contributed by atoms with van der Waals surface area (Å²) in [6.45, 7) is 0. The number of thiazole rings is 1. The monoisotopic (exact) mass is 485 g/mol. The van der Waals surface area contributed by atoms with Crippen molar-refractivity contribution >= 4 is 48.9 Å². The molecule has 6 nitrogen and oxygen atoms in total. The van der Waals surface area contributed by atoms with E-state index >= 15 is 0 Å². The lowest BCUT2D eigenvalue weighted by Gasteiger charge is -2.09. The molecular formula is C26H19N3O3S2. The first-order chi connectivity index (χ1) is 16.5. The van der Waals surface area contributed by atoms with E-state index in [0.717, 1.165) is 22.0 Å². The van der Waals surface area contributed by atoms with Crippen molar-refractivity contribution in [2.75, 3.05) is 10.0 Å². The third kappa shape index (κ3) is 4.54. The fourth-order valence-corrected chi connectivity index (χ4v) is 5.36. The van der Waals surface area contributed by atoms with Crippen LogP contribution in [0.2, 0.25) is 0 Å². The van der Waals surface area contributed by atoms with Crippen molar-refractivity contribution < 1.29 is 13.2 Å². The number of benzene rings is 4. The zero-order valence-corrected chi connectivity index (χ0v) is 19.4. The Morgan fingerprint density at radius 1 is 0.794 bits per heavy atom. The molecular weight excluding hydrogens is 466 g/mol. The summed E-state index contributed by atoms with van der Waals surface area (Å²) in [7, 11) is -3.69. The molecule has 0 spiro atoms. The SMILES string of the molecule is O=C(Nc1nc(-c2cccc3ccccc23)cs1)c1ccc(NS(=O)(=O)c2ccccc2)cc1. The summed E-state index contributed by atoms with van der Waals surface area (Å²) in [6.07, 6.45) is 0. The lowest BCUT2D eigenvalue weighted by atomic mass is 10.0. The quantitative estimate of drug-likeness (QED) is 0.308. The van der Waals surface area contributed by atoms with Crippen molar-refractivity contribution in [3.8, 4) is 11.3 Å². The van der Waals surface area contributed by atoms with Crippen LogP contribution in [0.1, 0.15) is 10.4 Å². The van der Waals surface area contributed by atoms with Gasteiger partial charge in [-0.2, -0.15) is 0 Å². The minimum absolute atomic E-state index is 0.169. The van der Waals surface area contributed by atoms with Crippen LogP contribution in [0.4, 0.5) is 10.8 Å². The summed E-state index contributed by atoms with van der Waals surface area (Å²) in [5.74, 6) is -0.323. The van der Waals surface area contributed by atoms with Gasteiger partial charge in [-0.1, -0.05) is 60.7 Å². The van der Waals surface area contributed by atoms with Gasteiger partial charge in [0, 0.05) is 22.2 Å². The normalized spacial score (nSPS) is 11.3. The summed E-state index contributed by atoms with van der Waals surface area (Å²) in [5, 5.41) is 7.45. The molecule has 1 heterocycles. The van der Waals surface area contributed by atoms with E-state index in [0.29, 0.717) is 16.4 Å². The van der Waals surface area contributed by atoms with Crippen LogP contribution in [0, 0.1) is 0 Å². The second kappa shape index (κ2) is 9.09. The van der Waals surface area contributed by atoms with Gasteiger partial charge < -0.3 is 0 Å². The highest BCUT2D eigenvalue weighted by atomic mass is 32.2. The first-order valence-corrected chi connectivity index (χ1v) is 12.8. The van der Waals surface area contributed by atoms with Gasteiger partial charge in [0.1, 0.15) is 0 Å². The number of nitrogens with one attached hydrogen (secondary N) is 2. The molecule has 4 aromatic carbocycles. The number of amides is 1. The van der Waals surface area contributed by atoms with E-state index in [1.165, 1.54) is 23.5 Å². The van der Waals surface area contributed by atoms with Crippen LogP contribution in [0.3, 0.4) is 0 Å². The Morgan fingerprint density at radius 2 is 1.50 bits per heavy atom. The molecule has 168 valence electrons. The molecule has 2 N–H and O–H groups in total. The summed E-state index contributed by atoms with van der Waals surface area (Å²) < 4.78 is 27.4. The molecule has 0 fully saturated rings. The number of rotatable bonds is 6. The van der Waals surface area contributed by atoms with Crippen LogP contribution >= 0.6 is 11.3 Å². The lowest BCUT2D eigenvalue weighted by molar-refractivity contribution is 0.102. The van der Waals surface area contributed by atoms with Gasteiger partial charge in [-0.15, -0.1) is 11.3 Å². The second-order valence-electron chi connectivity index (χ2n) is 7.51. The average Bonchev–Trinajstić information content (AvgIpc) is 3.32. The van der Waals surface area contributed by atoms with E-state index < -0.39 is 10.0 Å². The first-order valence-electron chi connectivity index (χ1n) is 10.4. The Kier molecular flexibility index (Phi) is 5.83. The maximum Gasteiger partial charge on any atom is 0.261 e. The number of sulfonamides is 1. The minimum Gasteiger partial charge on any atom is -0.298 e. The second-order valence-corrected chi connectivity index (χ2v) is 10.1. The van der Waals surface area contributed by atoms with Gasteiger partial charge in [0.05, 0.1) is 10.6 Å². The number of hydrogen-bond donors (Lipinski definition) is 2. The molecule has 0 aliphatic carbocycles. The van der Waals surface area contributed by atoms with E-state index in [-0.39, 0.29) is 10.8 Å². The van der Waals surface area contributed by atoms with Crippen molar-refractivity contribution in [1.29, 1.82) is 0 Å². The average molecular weight is 486 g/mol. The van der Waals surface area contributed by atoms with Gasteiger partial charge in [-0.25, -0.2) is 13.4 Å². The van der Waals surface area contributed by atoms with Crippen molar-refractivity contribution in [2.24, 2.45) is 0 Å². The number of nitrogens with zero attached hydrogens (tertiary/aromatic N) is 1. The third-order valence-corrected chi connectivity index (χ3v) is 7.40. The van der Waals surface area contributed by atoms with Crippen LogP contribution in [0.15, 0.2) is 107 Å². The molecule has 1 aromatic heterocycles. The summed E-state index contributed by atoms with van der Waals surface area (Å²) >= 11 is 1.35. The van der Waals surface area contributed by atoms with Crippen LogP contribution in [0.5, 0.6) is 0 Å². The molecule has 0 unspecified atom stereocenters. The summed E-state index contributed by atoms with van der Waals surface area (Å²) in [5.41, 5.74) is 2.56. The van der Waals surface area contributed by atoms with E-state index in [1.807, 2.05) is 29.6 Å². The van der Waals surface area contributed by atoms with Crippen molar-refractivity contribution in [3.63, 3.8) is 0 Å². The van der Waals surface area contributed by atoms with E-state index in [9.17, 15) is 13.2 Å². The maximum absolute atomic E-state index is 12.7. The van der Waals surface area contributed by atoms with Gasteiger partial charge in [-0.05, 0) is 47.2 Å². The van der Waals surface area contributed by atoms with Crippen LogP contribution < -0.4 is 10.0 Å². The highest BCUT2D eigenvalue weighted by molar-refractivity contribution is 7.92. The molecule has 0 bridgehead atoms. The Labute approximate surface area is 201 Å². The number of aromatic nitrogens is 1. The van der Waals surface area contributed by atoms with E-state index in [1.54, 1.807) is 42.5 Å². The topological polar surface area (TPSA) is 88.2 Å². The Bertz CT molecular complexity index is 1570. The van der Waals surface area contributed by atoms with Crippen molar-refractivity contribution in [3.05, 3.63) is 108 Å². The third-order valence-electron chi connectivity index (χ3n) is 5.24. The fraction of sp³-hybridized carbons (Fsp3) is 0. The minimum atomic E-state index is -3.69. The molecule has 5 aromatic rings. The Balaban J connectivity index is 1.29. The number of hydrogen-bond acceptors (Lipinski definition) is 5. The molecule has 0 saturated heterocycles. The number of fused-ring (bicyclic) bond motifs is 1. The predicted molar refractivity (Wildman–Crippen MR) is 137 cm³/mol. The molecule has 34 heavy (non-hydrogen) atoms. The molecule has 0 saturated carbocycles. The van der Waals surface area contributed by atoms with Crippen molar-refractivity contribution in [2.45, 2.75) is 4.90 Å². The highest BCUT2D eigenvalue weighted by Crippen LogP contribution is 2.31. The molecule has 0 aliphatic rings. The van der Waals surface area contributed by atoms with Crippen LogP contribution in [-0.4, -0.2) is 19.3 Å². The maximum atomic E-state index is 12.7. The molecule has 1 amide bonds. The molecule has 5 rings (SSSR count). The summed E-state index contributed by atoms with van der Waals surface area (Å²) in [4.78, 5) is 17.5. The molecule has 0 radical (unpaired) electrons. The van der Waals surface area contributed by atoms with Gasteiger partial charge in [0.2, 0.25) is 0 Å².